The number of anilines is 1. The van der Waals surface area contributed by atoms with Crippen LogP contribution < -0.4 is 10.2 Å². The molecule has 0 bridgehead atoms. The molecule has 2 fully saturated rings. The number of fused-ring (bicyclic) bond motifs is 1. The number of para-hydroxylation sites is 2. The summed E-state index contributed by atoms with van der Waals surface area (Å²) in [4.78, 5) is 22.1. The molecule has 2 aliphatic rings. The minimum Gasteiger partial charge on any atom is -0.371 e. The Morgan fingerprint density at radius 1 is 1.00 bits per heavy atom. The van der Waals surface area contributed by atoms with E-state index in [9.17, 15) is 4.79 Å². The lowest BCUT2D eigenvalue weighted by Crippen LogP contribution is -2.42. The standard InChI is InChI=1S/C25H30N4OS/c30-24(26-16-19-10-15-29(17-19)21-6-2-1-3-7-21)18-28-13-11-20(12-14-28)25-27-22-8-4-5-9-23(22)31-25/h1-9,19-20H,10-18H2,(H,26,30). The number of rotatable bonds is 6. The third kappa shape index (κ3) is 4.91. The molecule has 2 aliphatic heterocycles. The van der Waals surface area contributed by atoms with E-state index in [0.717, 1.165) is 57.5 Å². The second kappa shape index (κ2) is 9.37. The Morgan fingerprint density at radius 3 is 2.58 bits per heavy atom. The van der Waals surface area contributed by atoms with Gasteiger partial charge >= 0.3 is 0 Å². The van der Waals surface area contributed by atoms with Gasteiger partial charge in [0.25, 0.3) is 0 Å². The van der Waals surface area contributed by atoms with E-state index in [1.54, 1.807) is 0 Å². The van der Waals surface area contributed by atoms with E-state index in [1.165, 1.54) is 15.4 Å². The predicted octanol–water partition coefficient (Wildman–Crippen LogP) is 4.12. The summed E-state index contributed by atoms with van der Waals surface area (Å²) in [6.45, 7) is 5.34. The Hall–Kier alpha value is -2.44. The SMILES string of the molecule is O=C(CN1CCC(c2nc3ccccc3s2)CC1)NCC1CCN(c2ccccc2)C1. The van der Waals surface area contributed by atoms with Gasteiger partial charge in [0.2, 0.25) is 5.91 Å². The molecule has 6 heteroatoms. The molecule has 1 unspecified atom stereocenters. The fourth-order valence-corrected chi connectivity index (χ4v) is 5.93. The number of hydrogen-bond donors (Lipinski definition) is 1. The zero-order valence-corrected chi connectivity index (χ0v) is 18.7. The fourth-order valence-electron chi connectivity index (χ4n) is 4.79. The van der Waals surface area contributed by atoms with Crippen molar-refractivity contribution < 1.29 is 4.79 Å². The molecule has 3 aromatic rings. The summed E-state index contributed by atoms with van der Waals surface area (Å²) in [5, 5.41) is 4.45. The lowest BCUT2D eigenvalue weighted by molar-refractivity contribution is -0.122. The number of hydrogen-bond acceptors (Lipinski definition) is 5. The van der Waals surface area contributed by atoms with E-state index in [-0.39, 0.29) is 5.91 Å². The second-order valence-electron chi connectivity index (χ2n) is 8.81. The zero-order chi connectivity index (χ0) is 21.0. The van der Waals surface area contributed by atoms with Gasteiger partial charge in [-0.05, 0) is 62.5 Å². The molecule has 0 spiro atoms. The largest absolute Gasteiger partial charge is 0.371 e. The number of carbonyl (C=O) groups excluding carboxylic acids is 1. The molecule has 1 aromatic heterocycles. The maximum atomic E-state index is 12.5. The van der Waals surface area contributed by atoms with Crippen molar-refractivity contribution in [2.75, 3.05) is 44.2 Å². The molecule has 2 aromatic carbocycles. The van der Waals surface area contributed by atoms with Gasteiger partial charge in [0, 0.05) is 31.2 Å². The van der Waals surface area contributed by atoms with Crippen LogP contribution in [0.4, 0.5) is 5.69 Å². The monoisotopic (exact) mass is 434 g/mol. The third-order valence-corrected chi connectivity index (χ3v) is 7.81. The Kier molecular flexibility index (Phi) is 6.18. The molecule has 1 atom stereocenters. The first-order valence-corrected chi connectivity index (χ1v) is 12.2. The number of benzene rings is 2. The molecular formula is C25H30N4OS. The maximum Gasteiger partial charge on any atom is 0.234 e. The molecule has 31 heavy (non-hydrogen) atoms. The van der Waals surface area contributed by atoms with Gasteiger partial charge < -0.3 is 10.2 Å². The van der Waals surface area contributed by atoms with Crippen molar-refractivity contribution in [3.05, 3.63) is 59.6 Å². The highest BCUT2D eigenvalue weighted by atomic mass is 32.1. The van der Waals surface area contributed by atoms with Crippen molar-refractivity contribution in [2.24, 2.45) is 5.92 Å². The first-order chi connectivity index (χ1) is 15.2. The highest BCUT2D eigenvalue weighted by molar-refractivity contribution is 7.18. The van der Waals surface area contributed by atoms with Crippen LogP contribution in [0, 0.1) is 5.92 Å². The van der Waals surface area contributed by atoms with Gasteiger partial charge in [0.05, 0.1) is 21.8 Å². The number of nitrogens with one attached hydrogen (secondary N) is 1. The highest BCUT2D eigenvalue weighted by Crippen LogP contribution is 2.33. The van der Waals surface area contributed by atoms with Crippen LogP contribution in [-0.4, -0.2) is 55.1 Å². The lowest BCUT2D eigenvalue weighted by Gasteiger charge is -2.30. The van der Waals surface area contributed by atoms with Crippen molar-refractivity contribution in [3.8, 4) is 0 Å². The summed E-state index contributed by atoms with van der Waals surface area (Å²) in [5.41, 5.74) is 2.40. The van der Waals surface area contributed by atoms with Crippen LogP contribution in [0.3, 0.4) is 0 Å². The average molecular weight is 435 g/mol. The number of thiazole rings is 1. The lowest BCUT2D eigenvalue weighted by atomic mass is 9.97. The smallest absolute Gasteiger partial charge is 0.234 e. The number of nitrogens with zero attached hydrogens (tertiary/aromatic N) is 3. The van der Waals surface area contributed by atoms with Crippen molar-refractivity contribution in [1.82, 2.24) is 15.2 Å². The highest BCUT2D eigenvalue weighted by Gasteiger charge is 2.26. The van der Waals surface area contributed by atoms with Crippen LogP contribution in [0.15, 0.2) is 54.6 Å². The summed E-state index contributed by atoms with van der Waals surface area (Å²) in [7, 11) is 0. The molecular weight excluding hydrogens is 404 g/mol. The summed E-state index contributed by atoms with van der Waals surface area (Å²) in [6.07, 6.45) is 3.31. The topological polar surface area (TPSA) is 48.5 Å². The minimum absolute atomic E-state index is 0.164. The van der Waals surface area contributed by atoms with E-state index in [0.29, 0.717) is 18.4 Å². The maximum absolute atomic E-state index is 12.5. The molecule has 0 radical (unpaired) electrons. The van der Waals surface area contributed by atoms with Crippen molar-refractivity contribution in [3.63, 3.8) is 0 Å². The normalized spacial score (nSPS) is 20.4. The summed E-state index contributed by atoms with van der Waals surface area (Å²) >= 11 is 1.83. The van der Waals surface area contributed by atoms with E-state index >= 15 is 0 Å². The molecule has 1 N–H and O–H groups in total. The van der Waals surface area contributed by atoms with Gasteiger partial charge in [-0.3, -0.25) is 9.69 Å². The van der Waals surface area contributed by atoms with E-state index in [1.807, 2.05) is 11.3 Å². The van der Waals surface area contributed by atoms with Gasteiger partial charge in [0.15, 0.2) is 0 Å². The van der Waals surface area contributed by atoms with Crippen LogP contribution in [0.25, 0.3) is 10.2 Å². The first kappa shape index (κ1) is 20.5. The fraction of sp³-hybridized carbons (Fsp3) is 0.440. The van der Waals surface area contributed by atoms with E-state index < -0.39 is 0 Å². The van der Waals surface area contributed by atoms with Crippen LogP contribution in [0.5, 0.6) is 0 Å². The number of amides is 1. The van der Waals surface area contributed by atoms with Crippen LogP contribution in [0.1, 0.15) is 30.2 Å². The number of piperidine rings is 1. The Balaban J connectivity index is 1.04. The molecule has 0 aliphatic carbocycles. The average Bonchev–Trinajstić information content (AvgIpc) is 3.46. The molecule has 2 saturated heterocycles. The molecule has 5 rings (SSSR count). The van der Waals surface area contributed by atoms with Crippen LogP contribution >= 0.6 is 11.3 Å². The van der Waals surface area contributed by atoms with Gasteiger partial charge in [-0.15, -0.1) is 11.3 Å². The van der Waals surface area contributed by atoms with Crippen LogP contribution in [-0.2, 0) is 4.79 Å². The summed E-state index contributed by atoms with van der Waals surface area (Å²) < 4.78 is 1.28. The molecule has 162 valence electrons. The van der Waals surface area contributed by atoms with Crippen molar-refractivity contribution in [1.29, 1.82) is 0 Å². The minimum atomic E-state index is 0.164. The Bertz CT molecular complexity index is 980. The zero-order valence-electron chi connectivity index (χ0n) is 17.9. The van der Waals surface area contributed by atoms with Gasteiger partial charge in [-0.1, -0.05) is 30.3 Å². The first-order valence-electron chi connectivity index (χ1n) is 11.4. The summed E-state index contributed by atoms with van der Waals surface area (Å²) in [5.74, 6) is 1.23. The van der Waals surface area contributed by atoms with Gasteiger partial charge in [0.1, 0.15) is 0 Å². The quantitative estimate of drug-likeness (QED) is 0.634. The second-order valence-corrected chi connectivity index (χ2v) is 9.87. The van der Waals surface area contributed by atoms with Crippen molar-refractivity contribution in [2.45, 2.75) is 25.2 Å². The molecule has 1 amide bonds. The Labute approximate surface area is 188 Å². The van der Waals surface area contributed by atoms with Crippen LogP contribution in [0.2, 0.25) is 0 Å². The molecule has 5 nitrogen and oxygen atoms in total. The van der Waals surface area contributed by atoms with Gasteiger partial charge in [-0.25, -0.2) is 4.98 Å². The Morgan fingerprint density at radius 2 is 1.77 bits per heavy atom. The van der Waals surface area contributed by atoms with E-state index in [4.69, 9.17) is 4.98 Å². The summed E-state index contributed by atoms with van der Waals surface area (Å²) in [6, 6.07) is 18.9. The van der Waals surface area contributed by atoms with Crippen molar-refractivity contribution >= 4 is 33.1 Å². The molecule has 3 heterocycles. The number of carbonyl (C=O) groups is 1. The van der Waals surface area contributed by atoms with Gasteiger partial charge in [-0.2, -0.15) is 0 Å². The predicted molar refractivity (Wildman–Crippen MR) is 128 cm³/mol. The van der Waals surface area contributed by atoms with E-state index in [2.05, 4.69) is 69.7 Å². The third-order valence-electron chi connectivity index (χ3n) is 6.61. The molecule has 0 saturated carbocycles. The number of likely N-dealkylation sites (tertiary alicyclic amines) is 1. The number of aromatic nitrogens is 1.